The number of halogens is 1. The molecule has 2 N–H and O–H groups in total. The van der Waals surface area contributed by atoms with Crippen LogP contribution in [0.25, 0.3) is 0 Å². The number of hydrogen-bond donors (Lipinski definition) is 2. The molecule has 0 aliphatic carbocycles. The largest absolute Gasteiger partial charge is 0.264 e. The van der Waals surface area contributed by atoms with Crippen LogP contribution in [0.15, 0.2) is 28.7 Å². The third kappa shape index (κ3) is 1.70. The monoisotopic (exact) mass is 203 g/mol. The maximum atomic E-state index is 8.49. The van der Waals surface area contributed by atoms with Gasteiger partial charge in [0.2, 0.25) is 0 Å². The van der Waals surface area contributed by atoms with E-state index >= 15 is 0 Å². The highest BCUT2D eigenvalue weighted by Gasteiger charge is 1.95. The maximum absolute atomic E-state index is 8.49. The Bertz CT molecular complexity index is 209. The predicted molar refractivity (Wildman–Crippen MR) is 40.2 cm³/mol. The first-order valence-corrected chi connectivity index (χ1v) is 3.43. The van der Waals surface area contributed by atoms with E-state index in [4.69, 9.17) is 10.4 Å². The van der Waals surface area contributed by atoms with Crippen molar-refractivity contribution in [3.63, 3.8) is 0 Å². The second-order valence-corrected chi connectivity index (χ2v) is 2.68. The van der Waals surface area contributed by atoms with E-state index in [9.17, 15) is 0 Å². The van der Waals surface area contributed by atoms with E-state index in [2.05, 4.69) is 15.9 Å². The van der Waals surface area contributed by atoms with E-state index in [1.165, 1.54) is 0 Å². The minimum Gasteiger partial charge on any atom is -0.264 e. The van der Waals surface area contributed by atoms with Crippen LogP contribution < -0.4 is 5.23 Å². The number of anilines is 1. The van der Waals surface area contributed by atoms with Crippen molar-refractivity contribution >= 4 is 21.6 Å². The van der Waals surface area contributed by atoms with Gasteiger partial charge in [0, 0.05) is 4.47 Å². The molecule has 1 aromatic carbocycles. The highest BCUT2D eigenvalue weighted by Crippen LogP contribution is 2.15. The highest BCUT2D eigenvalue weighted by molar-refractivity contribution is 9.10. The standard InChI is InChI=1S/C6H6BrNO2/c7-5-1-3-6(4-2-5)8(9)10/h1-4,9-10H. The van der Waals surface area contributed by atoms with Gasteiger partial charge in [0.15, 0.2) is 0 Å². The lowest BCUT2D eigenvalue weighted by Gasteiger charge is -2.06. The molecule has 0 spiro atoms. The lowest BCUT2D eigenvalue weighted by molar-refractivity contribution is 0.0291. The van der Waals surface area contributed by atoms with Gasteiger partial charge >= 0.3 is 0 Å². The molecule has 0 aliphatic heterocycles. The Morgan fingerprint density at radius 1 is 1.10 bits per heavy atom. The summed E-state index contributed by atoms with van der Waals surface area (Å²) in [5, 5.41) is 17.1. The minimum absolute atomic E-state index is 0.0758. The van der Waals surface area contributed by atoms with E-state index < -0.39 is 0 Å². The van der Waals surface area contributed by atoms with Gasteiger partial charge in [-0.15, -0.1) is 5.23 Å². The van der Waals surface area contributed by atoms with Crippen molar-refractivity contribution in [2.24, 2.45) is 0 Å². The Labute approximate surface area is 66.6 Å². The van der Waals surface area contributed by atoms with Crippen molar-refractivity contribution in [3.05, 3.63) is 28.7 Å². The normalized spacial score (nSPS) is 9.50. The van der Waals surface area contributed by atoms with Crippen LogP contribution in [0.3, 0.4) is 0 Å². The Balaban J connectivity index is 2.89. The summed E-state index contributed by atoms with van der Waals surface area (Å²) in [7, 11) is 0. The molecule has 0 atom stereocenters. The molecule has 10 heavy (non-hydrogen) atoms. The molecule has 0 saturated heterocycles. The van der Waals surface area contributed by atoms with Crippen LogP contribution in [-0.4, -0.2) is 10.4 Å². The molecule has 0 saturated carbocycles. The predicted octanol–water partition coefficient (Wildman–Crippen LogP) is 2.03. The molecule has 54 valence electrons. The Morgan fingerprint density at radius 2 is 1.60 bits per heavy atom. The van der Waals surface area contributed by atoms with Crippen molar-refractivity contribution < 1.29 is 10.4 Å². The fourth-order valence-electron chi connectivity index (χ4n) is 0.574. The zero-order valence-corrected chi connectivity index (χ0v) is 6.62. The van der Waals surface area contributed by atoms with Crippen molar-refractivity contribution in [2.45, 2.75) is 0 Å². The molecule has 0 radical (unpaired) electrons. The Hall–Kier alpha value is -0.580. The van der Waals surface area contributed by atoms with E-state index in [1.54, 1.807) is 24.3 Å². The smallest absolute Gasteiger partial charge is 0.0943 e. The van der Waals surface area contributed by atoms with Crippen LogP contribution in [0.2, 0.25) is 0 Å². The number of rotatable bonds is 1. The molecule has 1 aromatic rings. The van der Waals surface area contributed by atoms with Crippen LogP contribution in [0.1, 0.15) is 0 Å². The minimum atomic E-state index is 0.0758. The van der Waals surface area contributed by atoms with Crippen LogP contribution >= 0.6 is 15.9 Å². The molecule has 0 amide bonds. The summed E-state index contributed by atoms with van der Waals surface area (Å²) in [5.41, 5.74) is 0.336. The van der Waals surface area contributed by atoms with Gasteiger partial charge in [-0.05, 0) is 24.3 Å². The zero-order chi connectivity index (χ0) is 7.56. The molecule has 1 rings (SSSR count). The summed E-state index contributed by atoms with van der Waals surface area (Å²) >= 11 is 3.21. The third-order valence-electron chi connectivity index (χ3n) is 1.06. The molecular formula is C6H6BrNO2. The van der Waals surface area contributed by atoms with Gasteiger partial charge in [0.1, 0.15) is 0 Å². The van der Waals surface area contributed by atoms with Crippen LogP contribution in [0.4, 0.5) is 5.69 Å². The number of hydrogen-bond acceptors (Lipinski definition) is 3. The van der Waals surface area contributed by atoms with E-state index in [0.29, 0.717) is 5.69 Å². The molecule has 0 unspecified atom stereocenters. The van der Waals surface area contributed by atoms with Gasteiger partial charge in [-0.3, -0.25) is 10.4 Å². The second kappa shape index (κ2) is 3.01. The quantitative estimate of drug-likeness (QED) is 0.687. The van der Waals surface area contributed by atoms with Crippen molar-refractivity contribution in [1.29, 1.82) is 0 Å². The second-order valence-electron chi connectivity index (χ2n) is 1.77. The fourth-order valence-corrected chi connectivity index (χ4v) is 0.839. The van der Waals surface area contributed by atoms with Gasteiger partial charge in [-0.2, -0.15) is 0 Å². The topological polar surface area (TPSA) is 43.7 Å². The van der Waals surface area contributed by atoms with Gasteiger partial charge in [-0.25, -0.2) is 0 Å². The van der Waals surface area contributed by atoms with E-state index in [0.717, 1.165) is 4.47 Å². The third-order valence-corrected chi connectivity index (χ3v) is 1.59. The first-order valence-electron chi connectivity index (χ1n) is 2.63. The molecule has 0 heterocycles. The SMILES string of the molecule is ON(O)c1ccc(Br)cc1. The lowest BCUT2D eigenvalue weighted by Crippen LogP contribution is -2.10. The van der Waals surface area contributed by atoms with Crippen molar-refractivity contribution in [1.82, 2.24) is 0 Å². The van der Waals surface area contributed by atoms with Gasteiger partial charge in [0.05, 0.1) is 5.69 Å². The van der Waals surface area contributed by atoms with Crippen molar-refractivity contribution in [2.75, 3.05) is 5.23 Å². The molecule has 0 bridgehead atoms. The summed E-state index contributed by atoms with van der Waals surface area (Å²) in [6, 6.07) is 6.58. The lowest BCUT2D eigenvalue weighted by atomic mass is 10.3. The first-order chi connectivity index (χ1) is 4.70. The first kappa shape index (κ1) is 7.53. The van der Waals surface area contributed by atoms with E-state index in [-0.39, 0.29) is 5.23 Å². The van der Waals surface area contributed by atoms with Gasteiger partial charge < -0.3 is 0 Å². The summed E-state index contributed by atoms with van der Waals surface area (Å²) in [6.45, 7) is 0. The Morgan fingerprint density at radius 3 is 2.00 bits per heavy atom. The van der Waals surface area contributed by atoms with Gasteiger partial charge in [-0.1, -0.05) is 15.9 Å². The van der Waals surface area contributed by atoms with E-state index in [1.807, 2.05) is 0 Å². The molecule has 4 heteroatoms. The average Bonchev–Trinajstić information content (AvgIpc) is 1.88. The molecular weight excluding hydrogens is 198 g/mol. The fraction of sp³-hybridized carbons (Fsp3) is 0. The molecule has 3 nitrogen and oxygen atoms in total. The maximum Gasteiger partial charge on any atom is 0.0943 e. The summed E-state index contributed by atoms with van der Waals surface area (Å²) in [6.07, 6.45) is 0. The summed E-state index contributed by atoms with van der Waals surface area (Å²) in [4.78, 5) is 0. The highest BCUT2D eigenvalue weighted by atomic mass is 79.9. The Kier molecular flexibility index (Phi) is 2.26. The van der Waals surface area contributed by atoms with Gasteiger partial charge in [0.25, 0.3) is 0 Å². The molecule has 0 fully saturated rings. The summed E-state index contributed by atoms with van der Waals surface area (Å²) < 4.78 is 0.901. The molecule has 0 aromatic heterocycles. The van der Waals surface area contributed by atoms with Crippen LogP contribution in [0.5, 0.6) is 0 Å². The summed E-state index contributed by atoms with van der Waals surface area (Å²) in [5.74, 6) is 0. The number of nitrogens with zero attached hydrogens (tertiary/aromatic N) is 1. The van der Waals surface area contributed by atoms with Crippen LogP contribution in [-0.2, 0) is 0 Å². The average molecular weight is 204 g/mol. The van der Waals surface area contributed by atoms with Crippen LogP contribution in [0, 0.1) is 0 Å². The molecule has 0 aliphatic rings. The zero-order valence-electron chi connectivity index (χ0n) is 5.03. The number of benzene rings is 1. The van der Waals surface area contributed by atoms with Crippen molar-refractivity contribution in [3.8, 4) is 0 Å².